The van der Waals surface area contributed by atoms with Crippen molar-refractivity contribution in [1.29, 1.82) is 0 Å². The average Bonchev–Trinajstić information content (AvgIpc) is 3.04. The molecule has 2 aliphatic heterocycles. The Hall–Kier alpha value is -2.16. The SMILES string of the molecule is O=C(NCNC(=O)C1CCCN1)ON1C(=O)CCC1=O. The maximum atomic E-state index is 11.6. The van der Waals surface area contributed by atoms with Crippen LogP contribution < -0.4 is 16.0 Å². The minimum absolute atomic E-state index is 0.0379. The standard InChI is InChI=1S/C11H16N4O5/c16-8-3-4-9(17)15(8)20-11(19)14-6-13-10(18)7-2-1-5-12-7/h7,12H,1-6H2,(H,13,18)(H,14,19). The van der Waals surface area contributed by atoms with Crippen LogP contribution >= 0.6 is 0 Å². The molecule has 2 rings (SSSR count). The number of carbonyl (C=O) groups excluding carboxylic acids is 4. The molecule has 0 aromatic carbocycles. The van der Waals surface area contributed by atoms with E-state index in [-0.39, 0.29) is 31.5 Å². The maximum Gasteiger partial charge on any atom is 0.433 e. The molecule has 9 heteroatoms. The molecule has 9 nitrogen and oxygen atoms in total. The van der Waals surface area contributed by atoms with Crippen LogP contribution in [0.4, 0.5) is 4.79 Å². The van der Waals surface area contributed by atoms with Gasteiger partial charge in [0.05, 0.1) is 12.7 Å². The minimum atomic E-state index is -0.965. The summed E-state index contributed by atoms with van der Waals surface area (Å²) >= 11 is 0. The Balaban J connectivity index is 1.66. The Morgan fingerprint density at radius 1 is 1.25 bits per heavy atom. The molecule has 0 bridgehead atoms. The lowest BCUT2D eigenvalue weighted by Gasteiger charge is -2.14. The number of hydroxylamine groups is 2. The van der Waals surface area contributed by atoms with Gasteiger partial charge in [0.15, 0.2) is 0 Å². The average molecular weight is 284 g/mol. The summed E-state index contributed by atoms with van der Waals surface area (Å²) in [4.78, 5) is 49.9. The molecule has 0 radical (unpaired) electrons. The summed E-state index contributed by atoms with van der Waals surface area (Å²) in [6.07, 6.45) is 0.805. The fourth-order valence-electron chi connectivity index (χ4n) is 2.01. The Labute approximate surface area is 115 Å². The molecular formula is C11H16N4O5. The largest absolute Gasteiger partial charge is 0.433 e. The molecule has 1 atom stereocenters. The van der Waals surface area contributed by atoms with Crippen LogP contribution in [-0.2, 0) is 19.2 Å². The first-order valence-corrected chi connectivity index (χ1v) is 6.40. The van der Waals surface area contributed by atoms with Gasteiger partial charge in [-0.2, -0.15) is 0 Å². The zero-order chi connectivity index (χ0) is 14.5. The van der Waals surface area contributed by atoms with Crippen LogP contribution in [0.25, 0.3) is 0 Å². The monoisotopic (exact) mass is 284 g/mol. The molecule has 2 saturated heterocycles. The van der Waals surface area contributed by atoms with E-state index in [0.717, 1.165) is 19.4 Å². The van der Waals surface area contributed by atoms with Gasteiger partial charge in [-0.1, -0.05) is 0 Å². The number of amides is 4. The first-order valence-electron chi connectivity index (χ1n) is 6.40. The van der Waals surface area contributed by atoms with Crippen molar-refractivity contribution in [3.63, 3.8) is 0 Å². The van der Waals surface area contributed by atoms with Gasteiger partial charge >= 0.3 is 6.09 Å². The van der Waals surface area contributed by atoms with E-state index < -0.39 is 17.9 Å². The Bertz CT molecular complexity index is 417. The molecule has 3 N–H and O–H groups in total. The van der Waals surface area contributed by atoms with Gasteiger partial charge in [0, 0.05) is 12.8 Å². The van der Waals surface area contributed by atoms with Crippen molar-refractivity contribution < 1.29 is 24.0 Å². The quantitative estimate of drug-likeness (QED) is 0.432. The summed E-state index contributed by atoms with van der Waals surface area (Å²) in [5.41, 5.74) is 0. The molecule has 1 unspecified atom stereocenters. The fourth-order valence-corrected chi connectivity index (χ4v) is 2.01. The van der Waals surface area contributed by atoms with E-state index in [0.29, 0.717) is 5.06 Å². The van der Waals surface area contributed by atoms with Gasteiger partial charge < -0.3 is 20.8 Å². The summed E-state index contributed by atoms with van der Waals surface area (Å²) in [5.74, 6) is -1.31. The number of hydrogen-bond donors (Lipinski definition) is 3. The Kier molecular flexibility index (Phi) is 4.51. The van der Waals surface area contributed by atoms with Crippen molar-refractivity contribution in [2.24, 2.45) is 0 Å². The van der Waals surface area contributed by atoms with Gasteiger partial charge in [-0.15, -0.1) is 5.06 Å². The van der Waals surface area contributed by atoms with E-state index in [4.69, 9.17) is 0 Å². The smallest absolute Gasteiger partial charge is 0.337 e. The normalized spacial score (nSPS) is 22.0. The summed E-state index contributed by atoms with van der Waals surface area (Å²) in [6.45, 7) is 0.665. The topological polar surface area (TPSA) is 117 Å². The maximum absolute atomic E-state index is 11.6. The van der Waals surface area contributed by atoms with E-state index in [1.165, 1.54) is 0 Å². The van der Waals surface area contributed by atoms with Gasteiger partial charge in [-0.25, -0.2) is 4.79 Å². The van der Waals surface area contributed by atoms with Crippen LogP contribution in [0.15, 0.2) is 0 Å². The summed E-state index contributed by atoms with van der Waals surface area (Å²) in [6, 6.07) is -0.241. The highest BCUT2D eigenvalue weighted by Crippen LogP contribution is 2.11. The van der Waals surface area contributed by atoms with E-state index in [9.17, 15) is 19.2 Å². The number of rotatable bonds is 4. The van der Waals surface area contributed by atoms with Crippen LogP contribution in [-0.4, -0.2) is 48.1 Å². The second kappa shape index (κ2) is 6.33. The van der Waals surface area contributed by atoms with Crippen molar-refractivity contribution in [3.8, 4) is 0 Å². The van der Waals surface area contributed by atoms with Crippen LogP contribution in [0.5, 0.6) is 0 Å². The van der Waals surface area contributed by atoms with Crippen LogP contribution in [0, 0.1) is 0 Å². The Morgan fingerprint density at radius 2 is 1.95 bits per heavy atom. The van der Waals surface area contributed by atoms with E-state index in [1.807, 2.05) is 0 Å². The van der Waals surface area contributed by atoms with Crippen molar-refractivity contribution >= 4 is 23.8 Å². The zero-order valence-corrected chi connectivity index (χ0v) is 10.8. The Morgan fingerprint density at radius 3 is 2.55 bits per heavy atom. The predicted octanol–water partition coefficient (Wildman–Crippen LogP) is -1.40. The van der Waals surface area contributed by atoms with E-state index >= 15 is 0 Å². The van der Waals surface area contributed by atoms with E-state index in [1.54, 1.807) is 0 Å². The van der Waals surface area contributed by atoms with Crippen LogP contribution in [0.3, 0.4) is 0 Å². The first kappa shape index (κ1) is 14.3. The van der Waals surface area contributed by atoms with Crippen molar-refractivity contribution in [2.45, 2.75) is 31.7 Å². The lowest BCUT2D eigenvalue weighted by molar-refractivity contribution is -0.171. The molecule has 4 amide bonds. The third kappa shape index (κ3) is 3.44. The highest BCUT2D eigenvalue weighted by molar-refractivity contribution is 6.01. The molecule has 2 fully saturated rings. The third-order valence-corrected chi connectivity index (χ3v) is 3.05. The summed E-state index contributed by atoms with van der Waals surface area (Å²) < 4.78 is 0. The summed E-state index contributed by atoms with van der Waals surface area (Å²) in [7, 11) is 0. The number of hydrogen-bond acceptors (Lipinski definition) is 6. The first-order chi connectivity index (χ1) is 9.58. The lowest BCUT2D eigenvalue weighted by atomic mass is 10.2. The molecule has 110 valence electrons. The molecule has 2 aliphatic rings. The summed E-state index contributed by atoms with van der Waals surface area (Å²) in [5, 5.41) is 8.19. The van der Waals surface area contributed by atoms with E-state index in [2.05, 4.69) is 20.8 Å². The van der Waals surface area contributed by atoms with Gasteiger partial charge in [0.25, 0.3) is 11.8 Å². The van der Waals surface area contributed by atoms with Crippen molar-refractivity contribution in [1.82, 2.24) is 21.0 Å². The van der Waals surface area contributed by atoms with Gasteiger partial charge in [0.2, 0.25) is 5.91 Å². The molecule has 20 heavy (non-hydrogen) atoms. The highest BCUT2D eigenvalue weighted by atomic mass is 16.7. The molecule has 0 aromatic heterocycles. The highest BCUT2D eigenvalue weighted by Gasteiger charge is 2.32. The predicted molar refractivity (Wildman–Crippen MR) is 64.7 cm³/mol. The number of carbonyl (C=O) groups is 4. The van der Waals surface area contributed by atoms with Gasteiger partial charge in [0.1, 0.15) is 0 Å². The van der Waals surface area contributed by atoms with Crippen LogP contribution in [0.2, 0.25) is 0 Å². The number of nitrogens with one attached hydrogen (secondary N) is 3. The molecule has 2 heterocycles. The fraction of sp³-hybridized carbons (Fsp3) is 0.636. The number of imide groups is 1. The zero-order valence-electron chi connectivity index (χ0n) is 10.8. The third-order valence-electron chi connectivity index (χ3n) is 3.05. The van der Waals surface area contributed by atoms with Crippen molar-refractivity contribution in [2.75, 3.05) is 13.2 Å². The minimum Gasteiger partial charge on any atom is -0.337 e. The second-order valence-electron chi connectivity index (χ2n) is 4.50. The number of nitrogens with zero attached hydrogens (tertiary/aromatic N) is 1. The van der Waals surface area contributed by atoms with Gasteiger partial charge in [-0.3, -0.25) is 14.4 Å². The second-order valence-corrected chi connectivity index (χ2v) is 4.50. The van der Waals surface area contributed by atoms with Crippen molar-refractivity contribution in [3.05, 3.63) is 0 Å². The molecule has 0 aromatic rings. The lowest BCUT2D eigenvalue weighted by Crippen LogP contribution is -2.46. The van der Waals surface area contributed by atoms with Crippen LogP contribution in [0.1, 0.15) is 25.7 Å². The molecule has 0 aliphatic carbocycles. The molecular weight excluding hydrogens is 268 g/mol. The molecule has 0 saturated carbocycles. The molecule has 0 spiro atoms. The van der Waals surface area contributed by atoms with Gasteiger partial charge in [-0.05, 0) is 19.4 Å².